The quantitative estimate of drug-likeness (QED) is 0.838. The number of likely N-dealkylation sites (tertiary alicyclic amines) is 1. The number of rotatable bonds is 5. The Morgan fingerprint density at radius 2 is 1.96 bits per heavy atom. The first kappa shape index (κ1) is 18.5. The molecule has 0 unspecified atom stereocenters. The van der Waals surface area contributed by atoms with Crippen molar-refractivity contribution in [2.45, 2.75) is 57.5 Å². The lowest BCUT2D eigenvalue weighted by atomic mass is 9.83. The van der Waals surface area contributed by atoms with E-state index in [9.17, 15) is 9.59 Å². The van der Waals surface area contributed by atoms with E-state index in [0.717, 1.165) is 32.6 Å². The maximum absolute atomic E-state index is 12.7. The number of carbonyl (C=O) groups is 2. The van der Waals surface area contributed by atoms with E-state index in [0.29, 0.717) is 12.3 Å². The van der Waals surface area contributed by atoms with Crippen molar-refractivity contribution in [2.24, 2.45) is 11.3 Å². The normalized spacial score (nSPS) is 29.2. The van der Waals surface area contributed by atoms with Crippen molar-refractivity contribution in [3.8, 4) is 0 Å². The van der Waals surface area contributed by atoms with E-state index in [1.807, 2.05) is 6.07 Å². The van der Waals surface area contributed by atoms with E-state index in [1.54, 1.807) is 0 Å². The van der Waals surface area contributed by atoms with Crippen molar-refractivity contribution < 1.29 is 9.59 Å². The van der Waals surface area contributed by atoms with E-state index >= 15 is 0 Å². The van der Waals surface area contributed by atoms with E-state index in [4.69, 9.17) is 0 Å². The van der Waals surface area contributed by atoms with E-state index in [-0.39, 0.29) is 23.3 Å². The molecule has 2 saturated heterocycles. The van der Waals surface area contributed by atoms with Crippen LogP contribution in [0.15, 0.2) is 30.3 Å². The third-order valence-electron chi connectivity index (χ3n) is 6.67. The van der Waals surface area contributed by atoms with Crippen molar-refractivity contribution in [1.82, 2.24) is 15.5 Å². The Morgan fingerprint density at radius 1 is 1.19 bits per heavy atom. The number of nitrogens with one attached hydrogen (secondary N) is 2. The molecule has 0 bridgehead atoms. The highest BCUT2D eigenvalue weighted by Gasteiger charge is 2.52. The second-order valence-electron chi connectivity index (χ2n) is 8.71. The number of carbonyl (C=O) groups excluding carboxylic acids is 2. The molecule has 2 amide bonds. The van der Waals surface area contributed by atoms with Crippen LogP contribution in [0.3, 0.4) is 0 Å². The second kappa shape index (κ2) is 8.01. The molecule has 2 atom stereocenters. The molecule has 3 aliphatic rings. The van der Waals surface area contributed by atoms with Crippen LogP contribution in [-0.2, 0) is 16.1 Å². The van der Waals surface area contributed by atoms with Gasteiger partial charge in [0.1, 0.15) is 6.04 Å². The van der Waals surface area contributed by atoms with Gasteiger partial charge in [0.2, 0.25) is 11.8 Å². The molecule has 1 saturated carbocycles. The third-order valence-corrected chi connectivity index (χ3v) is 6.67. The van der Waals surface area contributed by atoms with Crippen LogP contribution >= 0.6 is 0 Å². The highest BCUT2D eigenvalue weighted by atomic mass is 16.2. The predicted octanol–water partition coefficient (Wildman–Crippen LogP) is 2.46. The molecule has 2 heterocycles. The van der Waals surface area contributed by atoms with Crippen LogP contribution in [0.25, 0.3) is 0 Å². The summed E-state index contributed by atoms with van der Waals surface area (Å²) in [5.41, 5.74) is 0.886. The molecule has 0 radical (unpaired) electrons. The smallest absolute Gasteiger partial charge is 0.242 e. The molecule has 2 aliphatic heterocycles. The van der Waals surface area contributed by atoms with Gasteiger partial charge in [-0.15, -0.1) is 0 Å². The zero-order chi connectivity index (χ0) is 18.7. The topological polar surface area (TPSA) is 61.4 Å². The number of nitrogens with zero attached hydrogens (tertiary/aromatic N) is 1. The largest absolute Gasteiger partial charge is 0.354 e. The number of hydrogen-bond acceptors (Lipinski definition) is 3. The highest BCUT2D eigenvalue weighted by molar-refractivity contribution is 5.94. The molecule has 146 valence electrons. The minimum absolute atomic E-state index is 0.00677. The molecule has 27 heavy (non-hydrogen) atoms. The maximum Gasteiger partial charge on any atom is 0.242 e. The summed E-state index contributed by atoms with van der Waals surface area (Å²) in [6.07, 6.45) is 7.80. The Balaban J connectivity index is 1.30. The molecule has 5 nitrogen and oxygen atoms in total. The van der Waals surface area contributed by atoms with Crippen molar-refractivity contribution in [2.75, 3.05) is 19.6 Å². The fourth-order valence-corrected chi connectivity index (χ4v) is 5.05. The molecule has 1 aromatic carbocycles. The van der Waals surface area contributed by atoms with Gasteiger partial charge in [0.15, 0.2) is 0 Å². The van der Waals surface area contributed by atoms with Crippen LogP contribution in [-0.4, -0.2) is 42.4 Å². The van der Waals surface area contributed by atoms with Crippen LogP contribution < -0.4 is 10.6 Å². The summed E-state index contributed by atoms with van der Waals surface area (Å²) in [6.45, 7) is 3.30. The standard InChI is InChI=1S/C22H31N3O2/c26-20(23-14-17-7-3-1-4-8-17)19-13-22(21(27)24-19)11-12-25(16-22)15-18-9-5-2-6-10-18/h2,5-6,9-10,17,19H,1,3-4,7-8,11-16H2,(H,23,26)(H,24,27)/t19-,22-/m0/s1. The zero-order valence-corrected chi connectivity index (χ0v) is 16.1. The average molecular weight is 370 g/mol. The summed E-state index contributed by atoms with van der Waals surface area (Å²) in [5, 5.41) is 6.09. The Bertz CT molecular complexity index is 671. The zero-order valence-electron chi connectivity index (χ0n) is 16.1. The first-order valence-electron chi connectivity index (χ1n) is 10.5. The SMILES string of the molecule is O=C(NCC1CCCCC1)[C@@H]1C[C@]2(CCN(Cc3ccccc3)C2)C(=O)N1. The fourth-order valence-electron chi connectivity index (χ4n) is 5.05. The maximum atomic E-state index is 12.7. The molecule has 3 fully saturated rings. The third kappa shape index (κ3) is 4.18. The summed E-state index contributed by atoms with van der Waals surface area (Å²) in [5.74, 6) is 0.685. The summed E-state index contributed by atoms with van der Waals surface area (Å²) in [4.78, 5) is 27.7. The van der Waals surface area contributed by atoms with Gasteiger partial charge in [0.05, 0.1) is 5.41 Å². The van der Waals surface area contributed by atoms with Crippen LogP contribution in [0.1, 0.15) is 50.5 Å². The fraction of sp³-hybridized carbons (Fsp3) is 0.636. The monoisotopic (exact) mass is 369 g/mol. The first-order chi connectivity index (χ1) is 13.1. The minimum atomic E-state index is -0.387. The van der Waals surface area contributed by atoms with E-state index < -0.39 is 0 Å². The van der Waals surface area contributed by atoms with Gasteiger partial charge < -0.3 is 10.6 Å². The Morgan fingerprint density at radius 3 is 2.74 bits per heavy atom. The summed E-state index contributed by atoms with van der Waals surface area (Å²) >= 11 is 0. The Kier molecular flexibility index (Phi) is 5.48. The van der Waals surface area contributed by atoms with Gasteiger partial charge >= 0.3 is 0 Å². The van der Waals surface area contributed by atoms with Crippen LogP contribution in [0.4, 0.5) is 0 Å². The Hall–Kier alpha value is -1.88. The van der Waals surface area contributed by atoms with Crippen molar-refractivity contribution in [3.05, 3.63) is 35.9 Å². The molecular formula is C22H31N3O2. The molecule has 1 aliphatic carbocycles. The van der Waals surface area contributed by atoms with Crippen LogP contribution in [0.2, 0.25) is 0 Å². The lowest BCUT2D eigenvalue weighted by molar-refractivity contribution is -0.128. The molecule has 5 heteroatoms. The number of benzene rings is 1. The van der Waals surface area contributed by atoms with Gasteiger partial charge in [-0.3, -0.25) is 14.5 Å². The van der Waals surface area contributed by atoms with Crippen molar-refractivity contribution in [3.63, 3.8) is 0 Å². The Labute approximate surface area is 161 Å². The highest BCUT2D eigenvalue weighted by Crippen LogP contribution is 2.40. The summed E-state index contributed by atoms with van der Waals surface area (Å²) in [7, 11) is 0. The molecule has 0 aromatic heterocycles. The van der Waals surface area contributed by atoms with Crippen LogP contribution in [0, 0.1) is 11.3 Å². The molecule has 1 spiro atoms. The lowest BCUT2D eigenvalue weighted by Gasteiger charge is -2.23. The van der Waals surface area contributed by atoms with Gasteiger partial charge in [-0.25, -0.2) is 0 Å². The second-order valence-corrected chi connectivity index (χ2v) is 8.71. The number of hydrogen-bond donors (Lipinski definition) is 2. The van der Waals surface area contributed by atoms with E-state index in [1.165, 1.54) is 37.7 Å². The molecule has 2 N–H and O–H groups in total. The van der Waals surface area contributed by atoms with Crippen LogP contribution in [0.5, 0.6) is 0 Å². The molecular weight excluding hydrogens is 338 g/mol. The van der Waals surface area contributed by atoms with E-state index in [2.05, 4.69) is 39.8 Å². The van der Waals surface area contributed by atoms with Gasteiger partial charge in [-0.1, -0.05) is 49.6 Å². The van der Waals surface area contributed by atoms with Crippen molar-refractivity contribution in [1.29, 1.82) is 0 Å². The minimum Gasteiger partial charge on any atom is -0.354 e. The van der Waals surface area contributed by atoms with Gasteiger partial charge in [0.25, 0.3) is 0 Å². The number of amides is 2. The first-order valence-corrected chi connectivity index (χ1v) is 10.5. The molecule has 1 aromatic rings. The van der Waals surface area contributed by atoms with Gasteiger partial charge in [-0.2, -0.15) is 0 Å². The predicted molar refractivity (Wildman–Crippen MR) is 105 cm³/mol. The van der Waals surface area contributed by atoms with Crippen molar-refractivity contribution >= 4 is 11.8 Å². The lowest BCUT2D eigenvalue weighted by Crippen LogP contribution is -2.43. The van der Waals surface area contributed by atoms with Gasteiger partial charge in [-0.05, 0) is 43.7 Å². The summed E-state index contributed by atoms with van der Waals surface area (Å²) < 4.78 is 0. The van der Waals surface area contributed by atoms with Gasteiger partial charge in [0, 0.05) is 19.6 Å². The molecule has 4 rings (SSSR count). The summed E-state index contributed by atoms with van der Waals surface area (Å²) in [6, 6.07) is 10.0. The average Bonchev–Trinajstić information content (AvgIpc) is 3.25.